The Morgan fingerprint density at radius 1 is 0.833 bits per heavy atom. The number of fused-ring (bicyclic) bond motifs is 1. The number of rotatable bonds is 5. The molecule has 0 aliphatic rings. The van der Waals surface area contributed by atoms with Crippen LogP contribution < -0.4 is 16.6 Å². The van der Waals surface area contributed by atoms with Crippen LogP contribution in [-0.4, -0.2) is 15.0 Å². The SMILES string of the molecule is O=C(Cn1c(=O)n(Cc2ccc(F)cc2)c(=O)c2ccccc21)Nc1ccccc1. The van der Waals surface area contributed by atoms with Crippen molar-refractivity contribution < 1.29 is 9.18 Å². The number of carbonyl (C=O) groups excluding carboxylic acids is 1. The number of nitrogens with one attached hydrogen (secondary N) is 1. The van der Waals surface area contributed by atoms with E-state index in [1.54, 1.807) is 48.5 Å². The van der Waals surface area contributed by atoms with Crippen molar-refractivity contribution in [1.29, 1.82) is 0 Å². The molecule has 0 radical (unpaired) electrons. The van der Waals surface area contributed by atoms with Gasteiger partial charge in [-0.05, 0) is 42.0 Å². The lowest BCUT2D eigenvalue weighted by Gasteiger charge is -2.14. The molecule has 1 heterocycles. The van der Waals surface area contributed by atoms with E-state index in [0.717, 1.165) is 4.57 Å². The third-order valence-corrected chi connectivity index (χ3v) is 4.75. The molecule has 150 valence electrons. The topological polar surface area (TPSA) is 73.1 Å². The van der Waals surface area contributed by atoms with Gasteiger partial charge < -0.3 is 5.32 Å². The predicted molar refractivity (Wildman–Crippen MR) is 113 cm³/mol. The smallest absolute Gasteiger partial charge is 0.325 e. The molecule has 0 spiro atoms. The van der Waals surface area contributed by atoms with Crippen LogP contribution in [0.25, 0.3) is 10.9 Å². The monoisotopic (exact) mass is 403 g/mol. The molecular formula is C23H18FN3O3. The third-order valence-electron chi connectivity index (χ3n) is 4.75. The molecule has 0 bridgehead atoms. The summed E-state index contributed by atoms with van der Waals surface area (Å²) in [7, 11) is 0. The Labute approximate surface area is 170 Å². The van der Waals surface area contributed by atoms with Crippen molar-refractivity contribution in [2.45, 2.75) is 13.1 Å². The van der Waals surface area contributed by atoms with Gasteiger partial charge in [-0.3, -0.25) is 18.7 Å². The fourth-order valence-corrected chi connectivity index (χ4v) is 3.30. The molecule has 30 heavy (non-hydrogen) atoms. The standard InChI is InChI=1S/C23H18FN3O3/c24-17-12-10-16(11-13-17)14-27-22(29)19-8-4-5-9-20(19)26(23(27)30)15-21(28)25-18-6-2-1-3-7-18/h1-13H,14-15H2,(H,25,28). The van der Waals surface area contributed by atoms with Crippen LogP contribution in [0.5, 0.6) is 0 Å². The van der Waals surface area contributed by atoms with Gasteiger partial charge in [0.15, 0.2) is 0 Å². The molecule has 1 aromatic heterocycles. The van der Waals surface area contributed by atoms with Crippen LogP contribution in [0.2, 0.25) is 0 Å². The highest BCUT2D eigenvalue weighted by molar-refractivity contribution is 5.91. The van der Waals surface area contributed by atoms with Gasteiger partial charge >= 0.3 is 5.69 Å². The van der Waals surface area contributed by atoms with E-state index < -0.39 is 17.1 Å². The van der Waals surface area contributed by atoms with Crippen molar-refractivity contribution in [2.75, 3.05) is 5.32 Å². The zero-order valence-electron chi connectivity index (χ0n) is 15.9. The number of aromatic nitrogens is 2. The molecule has 3 aromatic carbocycles. The number of hydrogen-bond donors (Lipinski definition) is 1. The second-order valence-corrected chi connectivity index (χ2v) is 6.82. The minimum atomic E-state index is -0.605. The molecule has 1 N–H and O–H groups in total. The average molecular weight is 403 g/mol. The number of benzene rings is 3. The second kappa shape index (κ2) is 8.16. The lowest BCUT2D eigenvalue weighted by Crippen LogP contribution is -2.42. The summed E-state index contributed by atoms with van der Waals surface area (Å²) in [6.07, 6.45) is 0. The maximum atomic E-state index is 13.2. The molecule has 0 fully saturated rings. The largest absolute Gasteiger partial charge is 0.332 e. The molecule has 0 unspecified atom stereocenters. The first-order valence-corrected chi connectivity index (χ1v) is 9.34. The molecule has 0 aliphatic carbocycles. The predicted octanol–water partition coefficient (Wildman–Crippen LogP) is 2.99. The quantitative estimate of drug-likeness (QED) is 0.557. The number of anilines is 1. The molecule has 4 aromatic rings. The molecule has 1 amide bonds. The Balaban J connectivity index is 1.76. The van der Waals surface area contributed by atoms with E-state index in [0.29, 0.717) is 22.2 Å². The maximum absolute atomic E-state index is 13.2. The minimum Gasteiger partial charge on any atom is -0.325 e. The molecule has 0 aliphatic heterocycles. The van der Waals surface area contributed by atoms with E-state index in [1.165, 1.54) is 28.8 Å². The number of nitrogens with zero attached hydrogens (tertiary/aromatic N) is 2. The number of hydrogen-bond acceptors (Lipinski definition) is 3. The summed E-state index contributed by atoms with van der Waals surface area (Å²) < 4.78 is 15.5. The molecule has 0 saturated carbocycles. The van der Waals surface area contributed by atoms with Crippen LogP contribution in [0.15, 0.2) is 88.5 Å². The van der Waals surface area contributed by atoms with Crippen molar-refractivity contribution >= 4 is 22.5 Å². The first kappa shape index (κ1) is 19.3. The van der Waals surface area contributed by atoms with Crippen LogP contribution >= 0.6 is 0 Å². The van der Waals surface area contributed by atoms with E-state index in [4.69, 9.17) is 0 Å². The summed E-state index contributed by atoms with van der Waals surface area (Å²) in [6, 6.07) is 21.1. The van der Waals surface area contributed by atoms with Crippen LogP contribution in [0.3, 0.4) is 0 Å². The average Bonchev–Trinajstić information content (AvgIpc) is 2.76. The summed E-state index contributed by atoms with van der Waals surface area (Å²) in [5, 5.41) is 3.07. The molecule has 6 nitrogen and oxygen atoms in total. The first-order chi connectivity index (χ1) is 14.5. The zero-order chi connectivity index (χ0) is 21.1. The Morgan fingerprint density at radius 3 is 2.23 bits per heavy atom. The normalized spacial score (nSPS) is 10.8. The number of carbonyl (C=O) groups is 1. The molecule has 7 heteroatoms. The van der Waals surface area contributed by atoms with Gasteiger partial charge in [0.05, 0.1) is 17.4 Å². The Hall–Kier alpha value is -4.00. The fraction of sp³-hybridized carbons (Fsp3) is 0.0870. The number of halogens is 1. The van der Waals surface area contributed by atoms with E-state index in [9.17, 15) is 18.8 Å². The molecule has 0 saturated heterocycles. The van der Waals surface area contributed by atoms with E-state index >= 15 is 0 Å². The van der Waals surface area contributed by atoms with Crippen molar-refractivity contribution in [2.24, 2.45) is 0 Å². The first-order valence-electron chi connectivity index (χ1n) is 9.34. The van der Waals surface area contributed by atoms with Crippen molar-refractivity contribution in [1.82, 2.24) is 9.13 Å². The minimum absolute atomic E-state index is 0.0247. The van der Waals surface area contributed by atoms with Gasteiger partial charge in [0.2, 0.25) is 5.91 Å². The summed E-state index contributed by atoms with van der Waals surface area (Å²) in [5.41, 5.74) is 0.530. The van der Waals surface area contributed by atoms with Crippen LogP contribution in [0.4, 0.5) is 10.1 Å². The lowest BCUT2D eigenvalue weighted by molar-refractivity contribution is -0.116. The molecule has 4 rings (SSSR count). The second-order valence-electron chi connectivity index (χ2n) is 6.82. The Morgan fingerprint density at radius 2 is 1.50 bits per heavy atom. The Bertz CT molecular complexity index is 1330. The molecular weight excluding hydrogens is 385 g/mol. The van der Waals surface area contributed by atoms with E-state index in [-0.39, 0.29) is 19.0 Å². The van der Waals surface area contributed by atoms with Gasteiger partial charge in [-0.1, -0.05) is 42.5 Å². The highest BCUT2D eigenvalue weighted by Crippen LogP contribution is 2.10. The van der Waals surface area contributed by atoms with E-state index in [1.807, 2.05) is 6.07 Å². The summed E-state index contributed by atoms with van der Waals surface area (Å²) in [6.45, 7) is -0.277. The summed E-state index contributed by atoms with van der Waals surface area (Å²) >= 11 is 0. The number of para-hydroxylation sites is 2. The third kappa shape index (κ3) is 3.91. The highest BCUT2D eigenvalue weighted by atomic mass is 19.1. The summed E-state index contributed by atoms with van der Waals surface area (Å²) in [4.78, 5) is 38.6. The van der Waals surface area contributed by atoms with Gasteiger partial charge in [-0.25, -0.2) is 9.18 Å². The highest BCUT2D eigenvalue weighted by Gasteiger charge is 2.15. The molecule has 0 atom stereocenters. The van der Waals surface area contributed by atoms with Crippen molar-refractivity contribution in [3.8, 4) is 0 Å². The van der Waals surface area contributed by atoms with Crippen LogP contribution in [0.1, 0.15) is 5.56 Å². The van der Waals surface area contributed by atoms with Crippen LogP contribution in [0, 0.1) is 5.82 Å². The lowest BCUT2D eigenvalue weighted by atomic mass is 10.2. The van der Waals surface area contributed by atoms with Gasteiger partial charge in [0.25, 0.3) is 5.56 Å². The maximum Gasteiger partial charge on any atom is 0.332 e. The summed E-state index contributed by atoms with van der Waals surface area (Å²) in [5.74, 6) is -0.792. The fourth-order valence-electron chi connectivity index (χ4n) is 3.30. The van der Waals surface area contributed by atoms with Gasteiger partial charge in [0, 0.05) is 5.69 Å². The van der Waals surface area contributed by atoms with Crippen molar-refractivity contribution in [3.63, 3.8) is 0 Å². The zero-order valence-corrected chi connectivity index (χ0v) is 15.9. The van der Waals surface area contributed by atoms with E-state index in [2.05, 4.69) is 5.32 Å². The van der Waals surface area contributed by atoms with Gasteiger partial charge in [0.1, 0.15) is 12.4 Å². The van der Waals surface area contributed by atoms with Gasteiger partial charge in [-0.15, -0.1) is 0 Å². The Kier molecular flexibility index (Phi) is 5.26. The van der Waals surface area contributed by atoms with Crippen LogP contribution in [-0.2, 0) is 17.9 Å². The van der Waals surface area contributed by atoms with Gasteiger partial charge in [-0.2, -0.15) is 0 Å². The van der Waals surface area contributed by atoms with Crippen molar-refractivity contribution in [3.05, 3.63) is 111 Å². The number of amides is 1.